The number of pyridine rings is 2. The Morgan fingerprint density at radius 1 is 1.17 bits per heavy atom. The molecule has 4 heteroatoms. The zero-order chi connectivity index (χ0) is 16.8. The van der Waals surface area contributed by atoms with Crippen molar-refractivity contribution in [1.29, 1.82) is 0 Å². The minimum absolute atomic E-state index is 0.0593. The standard InChI is InChI=1S/C20H19N3O/c1-11-6-7-15-14(9-11)10-17(24)23-19(15)18-12(2)13(3)22-20-16(18)5-4-8-21-20/h4-9,19H,10H2,1-3H3,(H,23,24). The van der Waals surface area contributed by atoms with Crippen LogP contribution in [0.1, 0.15) is 39.6 Å². The van der Waals surface area contributed by atoms with Crippen LogP contribution >= 0.6 is 0 Å². The highest BCUT2D eigenvalue weighted by molar-refractivity contribution is 5.86. The van der Waals surface area contributed by atoms with Crippen molar-refractivity contribution in [2.75, 3.05) is 0 Å². The van der Waals surface area contributed by atoms with Gasteiger partial charge in [0.15, 0.2) is 5.65 Å². The molecule has 3 heterocycles. The zero-order valence-electron chi connectivity index (χ0n) is 14.1. The van der Waals surface area contributed by atoms with Crippen LogP contribution in [0.3, 0.4) is 0 Å². The number of nitrogens with one attached hydrogen (secondary N) is 1. The summed E-state index contributed by atoms with van der Waals surface area (Å²) < 4.78 is 0. The van der Waals surface area contributed by atoms with E-state index < -0.39 is 0 Å². The van der Waals surface area contributed by atoms with Gasteiger partial charge in [0.2, 0.25) is 5.91 Å². The van der Waals surface area contributed by atoms with E-state index in [9.17, 15) is 4.79 Å². The Morgan fingerprint density at radius 3 is 2.83 bits per heavy atom. The smallest absolute Gasteiger partial charge is 0.225 e. The number of benzene rings is 1. The minimum atomic E-state index is -0.157. The van der Waals surface area contributed by atoms with Crippen LogP contribution in [0.2, 0.25) is 0 Å². The SMILES string of the molecule is Cc1ccc2c(c1)CC(=O)NC2c1c(C)c(C)nc2ncccc12. The molecule has 2 aromatic heterocycles. The van der Waals surface area contributed by atoms with Crippen LogP contribution < -0.4 is 5.32 Å². The topological polar surface area (TPSA) is 54.9 Å². The van der Waals surface area contributed by atoms with Gasteiger partial charge in [0, 0.05) is 17.3 Å². The van der Waals surface area contributed by atoms with Crippen molar-refractivity contribution >= 4 is 16.9 Å². The Balaban J connectivity index is 2.02. The number of aromatic nitrogens is 2. The molecule has 4 nitrogen and oxygen atoms in total. The lowest BCUT2D eigenvalue weighted by Gasteiger charge is -2.29. The number of amides is 1. The Morgan fingerprint density at radius 2 is 2.00 bits per heavy atom. The number of rotatable bonds is 1. The second-order valence-corrected chi connectivity index (χ2v) is 6.49. The largest absolute Gasteiger partial charge is 0.345 e. The quantitative estimate of drug-likeness (QED) is 0.749. The molecule has 0 saturated carbocycles. The van der Waals surface area contributed by atoms with Gasteiger partial charge in [0.25, 0.3) is 0 Å². The molecule has 1 aromatic carbocycles. The molecule has 0 spiro atoms. The number of hydrogen-bond acceptors (Lipinski definition) is 3. The van der Waals surface area contributed by atoms with Gasteiger partial charge >= 0.3 is 0 Å². The van der Waals surface area contributed by atoms with Crippen LogP contribution in [0.5, 0.6) is 0 Å². The zero-order valence-corrected chi connectivity index (χ0v) is 14.1. The Labute approximate surface area is 141 Å². The van der Waals surface area contributed by atoms with Crippen LogP contribution in [-0.4, -0.2) is 15.9 Å². The lowest BCUT2D eigenvalue weighted by Crippen LogP contribution is -2.36. The van der Waals surface area contributed by atoms with Gasteiger partial charge in [-0.2, -0.15) is 0 Å². The number of aryl methyl sites for hydroxylation is 2. The van der Waals surface area contributed by atoms with Crippen LogP contribution in [0.25, 0.3) is 11.0 Å². The first-order valence-corrected chi connectivity index (χ1v) is 8.15. The highest BCUT2D eigenvalue weighted by Gasteiger charge is 2.29. The summed E-state index contributed by atoms with van der Waals surface area (Å²) in [6.45, 7) is 6.12. The Kier molecular flexibility index (Phi) is 3.34. The van der Waals surface area contributed by atoms with Crippen LogP contribution in [0.4, 0.5) is 0 Å². The monoisotopic (exact) mass is 317 g/mol. The van der Waals surface area contributed by atoms with Crippen molar-refractivity contribution in [3.8, 4) is 0 Å². The summed E-state index contributed by atoms with van der Waals surface area (Å²) >= 11 is 0. The fraction of sp³-hybridized carbons (Fsp3) is 0.250. The molecule has 1 atom stereocenters. The molecule has 4 rings (SSSR count). The summed E-state index contributed by atoms with van der Waals surface area (Å²) in [6, 6.07) is 10.1. The summed E-state index contributed by atoms with van der Waals surface area (Å²) in [5.41, 5.74) is 7.33. The second-order valence-electron chi connectivity index (χ2n) is 6.49. The van der Waals surface area contributed by atoms with Crippen molar-refractivity contribution in [3.63, 3.8) is 0 Å². The number of carbonyl (C=O) groups excluding carboxylic acids is 1. The van der Waals surface area contributed by atoms with Crippen molar-refractivity contribution in [2.45, 2.75) is 33.2 Å². The van der Waals surface area contributed by atoms with Crippen molar-refractivity contribution in [3.05, 3.63) is 70.0 Å². The van der Waals surface area contributed by atoms with Crippen molar-refractivity contribution < 1.29 is 4.79 Å². The number of nitrogens with zero attached hydrogens (tertiary/aromatic N) is 2. The summed E-state index contributed by atoms with van der Waals surface area (Å²) in [5.74, 6) is 0.0593. The highest BCUT2D eigenvalue weighted by atomic mass is 16.1. The Bertz CT molecular complexity index is 978. The van der Waals surface area contributed by atoms with E-state index in [4.69, 9.17) is 0 Å². The fourth-order valence-electron chi connectivity index (χ4n) is 3.57. The van der Waals surface area contributed by atoms with Crippen molar-refractivity contribution in [1.82, 2.24) is 15.3 Å². The summed E-state index contributed by atoms with van der Waals surface area (Å²) in [5, 5.41) is 4.17. The van der Waals surface area contributed by atoms with E-state index >= 15 is 0 Å². The van der Waals surface area contributed by atoms with E-state index in [1.807, 2.05) is 19.1 Å². The first kappa shape index (κ1) is 14.8. The lowest BCUT2D eigenvalue weighted by molar-refractivity contribution is -0.121. The third kappa shape index (κ3) is 2.26. The number of carbonyl (C=O) groups is 1. The normalized spacial score (nSPS) is 16.8. The molecule has 1 unspecified atom stereocenters. The maximum absolute atomic E-state index is 12.3. The molecule has 0 saturated heterocycles. The third-order valence-corrected chi connectivity index (χ3v) is 4.85. The van der Waals surface area contributed by atoms with E-state index in [1.165, 1.54) is 11.1 Å². The molecule has 0 bridgehead atoms. The van der Waals surface area contributed by atoms with Gasteiger partial charge in [-0.1, -0.05) is 23.8 Å². The van der Waals surface area contributed by atoms with Crippen LogP contribution in [0.15, 0.2) is 36.5 Å². The number of fused-ring (bicyclic) bond motifs is 2. The molecule has 3 aromatic rings. The van der Waals surface area contributed by atoms with E-state index in [0.717, 1.165) is 33.4 Å². The predicted molar refractivity (Wildman–Crippen MR) is 93.9 cm³/mol. The minimum Gasteiger partial charge on any atom is -0.345 e. The van der Waals surface area contributed by atoms with Gasteiger partial charge in [-0.25, -0.2) is 9.97 Å². The summed E-state index contributed by atoms with van der Waals surface area (Å²) in [4.78, 5) is 21.3. The van der Waals surface area contributed by atoms with Crippen LogP contribution in [0, 0.1) is 20.8 Å². The van der Waals surface area contributed by atoms with Gasteiger partial charge in [-0.15, -0.1) is 0 Å². The van der Waals surface area contributed by atoms with Crippen LogP contribution in [-0.2, 0) is 11.2 Å². The van der Waals surface area contributed by atoms with E-state index in [1.54, 1.807) is 6.20 Å². The second kappa shape index (κ2) is 5.41. The van der Waals surface area contributed by atoms with Crippen molar-refractivity contribution in [2.24, 2.45) is 0 Å². The molecule has 1 amide bonds. The first-order chi connectivity index (χ1) is 11.5. The van der Waals surface area contributed by atoms with Gasteiger partial charge in [-0.05, 0) is 55.2 Å². The molecular formula is C20H19N3O. The average molecular weight is 317 g/mol. The maximum Gasteiger partial charge on any atom is 0.225 e. The van der Waals surface area contributed by atoms with Gasteiger partial charge in [0.05, 0.1) is 12.5 Å². The van der Waals surface area contributed by atoms with Gasteiger partial charge < -0.3 is 5.32 Å². The molecule has 0 radical (unpaired) electrons. The van der Waals surface area contributed by atoms with E-state index in [-0.39, 0.29) is 11.9 Å². The molecule has 1 N–H and O–H groups in total. The fourth-order valence-corrected chi connectivity index (χ4v) is 3.57. The number of hydrogen-bond donors (Lipinski definition) is 1. The predicted octanol–water partition coefficient (Wildman–Crippen LogP) is 3.32. The average Bonchev–Trinajstić information content (AvgIpc) is 2.55. The van der Waals surface area contributed by atoms with E-state index in [0.29, 0.717) is 6.42 Å². The lowest BCUT2D eigenvalue weighted by atomic mass is 9.85. The highest BCUT2D eigenvalue weighted by Crippen LogP contribution is 2.35. The molecule has 0 aliphatic carbocycles. The molecule has 24 heavy (non-hydrogen) atoms. The first-order valence-electron chi connectivity index (χ1n) is 8.15. The van der Waals surface area contributed by atoms with Gasteiger partial charge in [0.1, 0.15) is 0 Å². The summed E-state index contributed by atoms with van der Waals surface area (Å²) in [7, 11) is 0. The summed E-state index contributed by atoms with van der Waals surface area (Å²) in [6.07, 6.45) is 2.19. The Hall–Kier alpha value is -2.75. The molecular weight excluding hydrogens is 298 g/mol. The van der Waals surface area contributed by atoms with Gasteiger partial charge in [-0.3, -0.25) is 4.79 Å². The maximum atomic E-state index is 12.3. The van der Waals surface area contributed by atoms with E-state index in [2.05, 4.69) is 47.3 Å². The molecule has 1 aliphatic rings. The third-order valence-electron chi connectivity index (χ3n) is 4.85. The molecule has 120 valence electrons. The molecule has 0 fully saturated rings. The molecule has 1 aliphatic heterocycles.